The molecule has 2 heterocycles. The molecule has 0 bridgehead atoms. The summed E-state index contributed by atoms with van der Waals surface area (Å²) < 4.78 is 25.5. The SMILES string of the molecule is COc1cnc2c(-c3nc4c(C)c(F)c(OCC(=O)O)cc4s3)cc(C)cc2n1. The highest BCUT2D eigenvalue weighted by molar-refractivity contribution is 7.21. The summed E-state index contributed by atoms with van der Waals surface area (Å²) in [6.07, 6.45) is 1.54. The molecule has 2 aromatic carbocycles. The van der Waals surface area contributed by atoms with Gasteiger partial charge in [0.05, 0.1) is 34.6 Å². The first-order chi connectivity index (χ1) is 13.9. The standard InChI is InChI=1S/C20H16FN3O4S/c1-9-4-11(19-12(5-9)23-15(27-3)7-22-19)20-24-18-10(2)17(21)13(6-14(18)29-20)28-8-16(25)26/h4-7H,8H2,1-3H3,(H,25,26). The fourth-order valence-corrected chi connectivity index (χ4v) is 4.11. The summed E-state index contributed by atoms with van der Waals surface area (Å²) in [5, 5.41) is 9.44. The third-order valence-corrected chi connectivity index (χ3v) is 5.41. The molecule has 0 aliphatic rings. The number of ether oxygens (including phenoxy) is 2. The van der Waals surface area contributed by atoms with E-state index in [1.54, 1.807) is 6.92 Å². The first-order valence-corrected chi connectivity index (χ1v) is 9.45. The Balaban J connectivity index is 1.89. The predicted molar refractivity (Wildman–Crippen MR) is 107 cm³/mol. The van der Waals surface area contributed by atoms with E-state index in [0.717, 1.165) is 11.1 Å². The van der Waals surface area contributed by atoms with Gasteiger partial charge in [0.25, 0.3) is 0 Å². The van der Waals surface area contributed by atoms with Crippen LogP contribution in [0.3, 0.4) is 0 Å². The molecule has 0 saturated carbocycles. The molecule has 0 aliphatic heterocycles. The lowest BCUT2D eigenvalue weighted by atomic mass is 10.1. The van der Waals surface area contributed by atoms with E-state index in [4.69, 9.17) is 14.6 Å². The van der Waals surface area contributed by atoms with Crippen LogP contribution in [0.15, 0.2) is 24.4 Å². The number of halogens is 1. The number of carboxylic acids is 1. The summed E-state index contributed by atoms with van der Waals surface area (Å²) >= 11 is 1.35. The van der Waals surface area contributed by atoms with Crippen molar-refractivity contribution in [2.24, 2.45) is 0 Å². The fraction of sp³-hybridized carbons (Fsp3) is 0.200. The molecule has 0 spiro atoms. The Morgan fingerprint density at radius 3 is 2.72 bits per heavy atom. The smallest absolute Gasteiger partial charge is 0.341 e. The molecule has 148 valence electrons. The molecule has 0 atom stereocenters. The molecular formula is C20H16FN3O4S. The second-order valence-electron chi connectivity index (χ2n) is 6.45. The number of carbonyl (C=O) groups is 1. The van der Waals surface area contributed by atoms with Crippen molar-refractivity contribution in [1.29, 1.82) is 0 Å². The van der Waals surface area contributed by atoms with Gasteiger partial charge in [0, 0.05) is 17.2 Å². The Bertz CT molecular complexity index is 1270. The summed E-state index contributed by atoms with van der Waals surface area (Å²) in [4.78, 5) is 24.3. The van der Waals surface area contributed by atoms with Crippen molar-refractivity contribution < 1.29 is 23.8 Å². The average molecular weight is 413 g/mol. The minimum Gasteiger partial charge on any atom is -0.480 e. The second kappa shape index (κ2) is 7.25. The molecule has 0 aliphatic carbocycles. The Morgan fingerprint density at radius 2 is 2.00 bits per heavy atom. The van der Waals surface area contributed by atoms with Gasteiger partial charge in [-0.1, -0.05) is 0 Å². The van der Waals surface area contributed by atoms with Crippen molar-refractivity contribution >= 4 is 38.6 Å². The number of thiazole rings is 1. The molecule has 4 rings (SSSR count). The van der Waals surface area contributed by atoms with Gasteiger partial charge < -0.3 is 14.6 Å². The van der Waals surface area contributed by atoms with Crippen molar-refractivity contribution in [2.45, 2.75) is 13.8 Å². The number of hydrogen-bond acceptors (Lipinski definition) is 7. The van der Waals surface area contributed by atoms with E-state index in [2.05, 4.69) is 15.0 Å². The Labute approximate surface area is 168 Å². The van der Waals surface area contributed by atoms with Gasteiger partial charge in [-0.2, -0.15) is 0 Å². The maximum absolute atomic E-state index is 14.6. The van der Waals surface area contributed by atoms with Gasteiger partial charge in [-0.05, 0) is 31.5 Å². The van der Waals surface area contributed by atoms with Crippen molar-refractivity contribution in [2.75, 3.05) is 13.7 Å². The van der Waals surface area contributed by atoms with Crippen LogP contribution in [-0.2, 0) is 4.79 Å². The molecule has 0 unspecified atom stereocenters. The van der Waals surface area contributed by atoms with E-state index in [1.807, 2.05) is 19.1 Å². The molecule has 2 aromatic heterocycles. The molecule has 0 amide bonds. The minimum atomic E-state index is -1.17. The summed E-state index contributed by atoms with van der Waals surface area (Å²) in [7, 11) is 1.53. The van der Waals surface area contributed by atoms with Gasteiger partial charge in [-0.25, -0.2) is 24.1 Å². The van der Waals surface area contributed by atoms with E-state index < -0.39 is 18.4 Å². The monoisotopic (exact) mass is 413 g/mol. The van der Waals surface area contributed by atoms with Crippen LogP contribution in [0.4, 0.5) is 4.39 Å². The molecule has 7 nitrogen and oxygen atoms in total. The quantitative estimate of drug-likeness (QED) is 0.525. The summed E-state index contributed by atoms with van der Waals surface area (Å²) in [6.45, 7) is 2.92. The van der Waals surface area contributed by atoms with Crippen LogP contribution in [0.25, 0.3) is 31.8 Å². The van der Waals surface area contributed by atoms with Gasteiger partial charge in [0.15, 0.2) is 18.2 Å². The Hall–Kier alpha value is -3.33. The van der Waals surface area contributed by atoms with Crippen molar-refractivity contribution in [3.05, 3.63) is 41.3 Å². The number of benzene rings is 2. The van der Waals surface area contributed by atoms with Gasteiger partial charge in [-0.3, -0.25) is 0 Å². The van der Waals surface area contributed by atoms with E-state index in [-0.39, 0.29) is 5.75 Å². The maximum atomic E-state index is 14.6. The lowest BCUT2D eigenvalue weighted by Crippen LogP contribution is -2.10. The van der Waals surface area contributed by atoms with E-state index in [1.165, 1.54) is 30.7 Å². The highest BCUT2D eigenvalue weighted by atomic mass is 32.1. The number of aromatic nitrogens is 3. The number of carboxylic acid groups (broad SMARTS) is 1. The normalized spacial score (nSPS) is 11.2. The van der Waals surface area contributed by atoms with Gasteiger partial charge in [-0.15, -0.1) is 11.3 Å². The number of nitrogens with zero attached hydrogens (tertiary/aromatic N) is 3. The Kier molecular flexibility index (Phi) is 4.75. The second-order valence-corrected chi connectivity index (χ2v) is 7.49. The lowest BCUT2D eigenvalue weighted by Gasteiger charge is -2.07. The van der Waals surface area contributed by atoms with E-state index in [0.29, 0.717) is 37.7 Å². The topological polar surface area (TPSA) is 94.4 Å². The van der Waals surface area contributed by atoms with E-state index in [9.17, 15) is 9.18 Å². The molecule has 29 heavy (non-hydrogen) atoms. The fourth-order valence-electron chi connectivity index (χ4n) is 3.04. The van der Waals surface area contributed by atoms with Crippen molar-refractivity contribution in [1.82, 2.24) is 15.0 Å². The zero-order valence-electron chi connectivity index (χ0n) is 15.8. The number of aryl methyl sites for hydroxylation is 2. The number of hydrogen-bond donors (Lipinski definition) is 1. The average Bonchev–Trinajstić information content (AvgIpc) is 3.12. The molecule has 1 N–H and O–H groups in total. The van der Waals surface area contributed by atoms with Crippen LogP contribution in [-0.4, -0.2) is 39.7 Å². The largest absolute Gasteiger partial charge is 0.480 e. The van der Waals surface area contributed by atoms with Crippen LogP contribution in [0.5, 0.6) is 11.6 Å². The van der Waals surface area contributed by atoms with Crippen LogP contribution >= 0.6 is 11.3 Å². The third kappa shape index (κ3) is 3.44. The zero-order chi connectivity index (χ0) is 20.7. The van der Waals surface area contributed by atoms with Crippen LogP contribution in [0.2, 0.25) is 0 Å². The molecule has 9 heteroatoms. The van der Waals surface area contributed by atoms with Crippen molar-refractivity contribution in [3.8, 4) is 22.2 Å². The highest BCUT2D eigenvalue weighted by Gasteiger charge is 2.19. The Morgan fingerprint density at radius 1 is 1.21 bits per heavy atom. The van der Waals surface area contributed by atoms with Crippen LogP contribution < -0.4 is 9.47 Å². The highest BCUT2D eigenvalue weighted by Crippen LogP contribution is 2.38. The predicted octanol–water partition coefficient (Wildman–Crippen LogP) is 4.13. The number of rotatable bonds is 5. The minimum absolute atomic E-state index is 0.105. The third-order valence-electron chi connectivity index (χ3n) is 4.38. The maximum Gasteiger partial charge on any atom is 0.341 e. The van der Waals surface area contributed by atoms with Crippen LogP contribution in [0, 0.1) is 19.7 Å². The van der Waals surface area contributed by atoms with Gasteiger partial charge >= 0.3 is 5.97 Å². The van der Waals surface area contributed by atoms with Crippen LogP contribution in [0.1, 0.15) is 11.1 Å². The zero-order valence-corrected chi connectivity index (χ0v) is 16.6. The van der Waals surface area contributed by atoms with Gasteiger partial charge in [0.2, 0.25) is 5.88 Å². The first-order valence-electron chi connectivity index (χ1n) is 8.63. The number of methoxy groups -OCH3 is 1. The van der Waals surface area contributed by atoms with Gasteiger partial charge in [0.1, 0.15) is 5.01 Å². The lowest BCUT2D eigenvalue weighted by molar-refractivity contribution is -0.139. The van der Waals surface area contributed by atoms with Crippen molar-refractivity contribution in [3.63, 3.8) is 0 Å². The number of aliphatic carboxylic acids is 1. The molecule has 0 fully saturated rings. The summed E-state index contributed by atoms with van der Waals surface area (Å²) in [6, 6.07) is 5.34. The summed E-state index contributed by atoms with van der Waals surface area (Å²) in [5.41, 5.74) is 3.89. The molecule has 4 aromatic rings. The molecule has 0 saturated heterocycles. The number of fused-ring (bicyclic) bond motifs is 2. The molecular weight excluding hydrogens is 397 g/mol. The first kappa shape index (κ1) is 19.0. The summed E-state index contributed by atoms with van der Waals surface area (Å²) in [5.74, 6) is -1.48. The van der Waals surface area contributed by atoms with E-state index >= 15 is 0 Å². The molecule has 0 radical (unpaired) electrons.